The third kappa shape index (κ3) is 4.30. The molecule has 1 aliphatic carbocycles. The summed E-state index contributed by atoms with van der Waals surface area (Å²) in [6.45, 7) is 8.41. The van der Waals surface area contributed by atoms with E-state index in [-0.39, 0.29) is 5.41 Å². The Morgan fingerprint density at radius 3 is 2.95 bits per heavy atom. The van der Waals surface area contributed by atoms with Crippen molar-refractivity contribution in [1.82, 2.24) is 5.32 Å². The van der Waals surface area contributed by atoms with Crippen molar-refractivity contribution in [2.45, 2.75) is 52.0 Å². The molecule has 5 nitrogen and oxygen atoms in total. The monoisotopic (exact) mass is 297 g/mol. The van der Waals surface area contributed by atoms with Gasteiger partial charge < -0.3 is 24.3 Å². The molecule has 0 bridgehead atoms. The highest BCUT2D eigenvalue weighted by molar-refractivity contribution is 5.02. The Bertz CT molecular complexity index is 404. The number of aliphatic hydroxyl groups is 1. The average Bonchev–Trinajstić information content (AvgIpc) is 2.95. The van der Waals surface area contributed by atoms with Crippen molar-refractivity contribution in [1.29, 1.82) is 0 Å². The predicted molar refractivity (Wildman–Crippen MR) is 80.0 cm³/mol. The zero-order valence-corrected chi connectivity index (χ0v) is 13.2. The second-order valence-electron chi connectivity index (χ2n) is 6.21. The topological polar surface area (TPSA) is 63.9 Å². The summed E-state index contributed by atoms with van der Waals surface area (Å²) in [6, 6.07) is 4.06. The van der Waals surface area contributed by atoms with Crippen molar-refractivity contribution >= 4 is 0 Å². The lowest BCUT2D eigenvalue weighted by molar-refractivity contribution is -0.116. The summed E-state index contributed by atoms with van der Waals surface area (Å²) >= 11 is 0. The molecule has 0 aromatic carbocycles. The van der Waals surface area contributed by atoms with Crippen LogP contribution in [0.4, 0.5) is 0 Å². The molecule has 1 heterocycles. The van der Waals surface area contributed by atoms with Gasteiger partial charge in [0.25, 0.3) is 0 Å². The molecule has 0 aliphatic heterocycles. The number of ether oxygens (including phenoxy) is 2. The normalized spacial score (nSPS) is 25.5. The van der Waals surface area contributed by atoms with Crippen LogP contribution in [0.25, 0.3) is 0 Å². The highest BCUT2D eigenvalue weighted by atomic mass is 16.5. The summed E-state index contributed by atoms with van der Waals surface area (Å²) in [6.07, 6.45) is 2.42. The third-order valence-electron chi connectivity index (χ3n) is 4.28. The first-order valence-electron chi connectivity index (χ1n) is 7.67. The smallest absolute Gasteiger partial charge is 0.129 e. The molecule has 21 heavy (non-hydrogen) atoms. The summed E-state index contributed by atoms with van der Waals surface area (Å²) in [5.41, 5.74) is 0.116. The molecular formula is C16H27NO4. The minimum absolute atomic E-state index is 0.116. The molecule has 1 aliphatic rings. The van der Waals surface area contributed by atoms with Crippen LogP contribution in [0.2, 0.25) is 0 Å². The van der Waals surface area contributed by atoms with Crippen molar-refractivity contribution in [3.05, 3.63) is 24.2 Å². The molecule has 1 aromatic rings. The van der Waals surface area contributed by atoms with Gasteiger partial charge in [-0.05, 0) is 25.5 Å². The van der Waals surface area contributed by atoms with Crippen LogP contribution in [0, 0.1) is 5.41 Å². The molecule has 3 atom stereocenters. The maximum Gasteiger partial charge on any atom is 0.129 e. The molecule has 120 valence electrons. The summed E-state index contributed by atoms with van der Waals surface area (Å²) < 4.78 is 16.3. The first-order chi connectivity index (χ1) is 10.0. The average molecular weight is 297 g/mol. The lowest BCUT2D eigenvalue weighted by Gasteiger charge is -2.52. The van der Waals surface area contributed by atoms with Gasteiger partial charge >= 0.3 is 0 Å². The number of hydrogen-bond acceptors (Lipinski definition) is 5. The molecule has 2 N–H and O–H groups in total. The maximum atomic E-state index is 9.94. The van der Waals surface area contributed by atoms with E-state index < -0.39 is 6.10 Å². The van der Waals surface area contributed by atoms with E-state index in [4.69, 9.17) is 13.9 Å². The molecule has 1 saturated carbocycles. The largest absolute Gasteiger partial charge is 0.467 e. The van der Waals surface area contributed by atoms with Crippen LogP contribution in [0.15, 0.2) is 22.8 Å². The van der Waals surface area contributed by atoms with Gasteiger partial charge in [-0.25, -0.2) is 0 Å². The fourth-order valence-electron chi connectivity index (χ4n) is 2.74. The zero-order chi connectivity index (χ0) is 15.3. The van der Waals surface area contributed by atoms with Gasteiger partial charge in [-0.3, -0.25) is 0 Å². The van der Waals surface area contributed by atoms with Gasteiger partial charge in [0, 0.05) is 24.6 Å². The Labute approximate surface area is 126 Å². The Morgan fingerprint density at radius 1 is 1.52 bits per heavy atom. The van der Waals surface area contributed by atoms with Gasteiger partial charge in [0.05, 0.1) is 25.1 Å². The highest BCUT2D eigenvalue weighted by Gasteiger charge is 2.48. The highest BCUT2D eigenvalue weighted by Crippen LogP contribution is 2.42. The molecule has 3 unspecified atom stereocenters. The lowest BCUT2D eigenvalue weighted by Crippen LogP contribution is -2.61. The maximum absolute atomic E-state index is 9.94. The SMILES string of the molecule is CCOC1CC(NCC(O)COCc2ccco2)C1(C)C. The molecule has 1 aromatic heterocycles. The van der Waals surface area contributed by atoms with Gasteiger partial charge in [-0.15, -0.1) is 0 Å². The molecule has 0 spiro atoms. The van der Waals surface area contributed by atoms with E-state index in [9.17, 15) is 5.11 Å². The zero-order valence-electron chi connectivity index (χ0n) is 13.2. The van der Waals surface area contributed by atoms with E-state index in [0.29, 0.717) is 31.9 Å². The Balaban J connectivity index is 1.60. The van der Waals surface area contributed by atoms with Gasteiger partial charge in [0.1, 0.15) is 12.4 Å². The molecule has 1 fully saturated rings. The number of furan rings is 1. The van der Waals surface area contributed by atoms with E-state index in [1.165, 1.54) is 0 Å². The van der Waals surface area contributed by atoms with Crippen LogP contribution in [0.3, 0.4) is 0 Å². The Kier molecular flexibility index (Phi) is 5.81. The van der Waals surface area contributed by atoms with Crippen molar-refractivity contribution in [3.8, 4) is 0 Å². The van der Waals surface area contributed by atoms with Crippen LogP contribution in [-0.2, 0) is 16.1 Å². The second-order valence-corrected chi connectivity index (χ2v) is 6.21. The summed E-state index contributed by atoms with van der Waals surface area (Å²) in [5, 5.41) is 13.3. The molecule has 0 amide bonds. The first kappa shape index (κ1) is 16.5. The van der Waals surface area contributed by atoms with Gasteiger partial charge in [-0.1, -0.05) is 13.8 Å². The van der Waals surface area contributed by atoms with E-state index in [2.05, 4.69) is 19.2 Å². The molecular weight excluding hydrogens is 270 g/mol. The summed E-state index contributed by atoms with van der Waals surface area (Å²) in [4.78, 5) is 0. The molecule has 5 heteroatoms. The Morgan fingerprint density at radius 2 is 2.33 bits per heavy atom. The number of hydrogen-bond donors (Lipinski definition) is 2. The second kappa shape index (κ2) is 7.40. The van der Waals surface area contributed by atoms with Gasteiger partial charge in [0.2, 0.25) is 0 Å². The number of rotatable bonds is 9. The van der Waals surface area contributed by atoms with Crippen LogP contribution >= 0.6 is 0 Å². The quantitative estimate of drug-likeness (QED) is 0.729. The minimum atomic E-state index is -0.512. The minimum Gasteiger partial charge on any atom is -0.467 e. The Hall–Kier alpha value is -0.880. The van der Waals surface area contributed by atoms with E-state index >= 15 is 0 Å². The van der Waals surface area contributed by atoms with Crippen molar-refractivity contribution in [2.75, 3.05) is 19.8 Å². The van der Waals surface area contributed by atoms with Crippen molar-refractivity contribution < 1.29 is 19.0 Å². The predicted octanol–water partition coefficient (Wildman–Crippen LogP) is 1.95. The van der Waals surface area contributed by atoms with Crippen LogP contribution in [0.5, 0.6) is 0 Å². The molecule has 2 rings (SSSR count). The summed E-state index contributed by atoms with van der Waals surface area (Å²) in [7, 11) is 0. The van der Waals surface area contributed by atoms with Crippen LogP contribution in [0.1, 0.15) is 33.0 Å². The standard InChI is InChI=1S/C16H27NO4/c1-4-20-15-8-14(16(15,2)3)17-9-12(18)10-19-11-13-6-5-7-21-13/h5-7,12,14-15,17-18H,4,8-11H2,1-3H3. The van der Waals surface area contributed by atoms with E-state index in [1.54, 1.807) is 6.26 Å². The number of aliphatic hydroxyl groups excluding tert-OH is 1. The fourth-order valence-corrected chi connectivity index (χ4v) is 2.74. The van der Waals surface area contributed by atoms with Crippen molar-refractivity contribution in [3.63, 3.8) is 0 Å². The van der Waals surface area contributed by atoms with Crippen LogP contribution < -0.4 is 5.32 Å². The van der Waals surface area contributed by atoms with Gasteiger partial charge in [-0.2, -0.15) is 0 Å². The summed E-state index contributed by atoms with van der Waals surface area (Å²) in [5.74, 6) is 0.773. The van der Waals surface area contributed by atoms with Crippen LogP contribution in [-0.4, -0.2) is 43.1 Å². The van der Waals surface area contributed by atoms with Crippen molar-refractivity contribution in [2.24, 2.45) is 5.41 Å². The first-order valence-corrected chi connectivity index (χ1v) is 7.67. The third-order valence-corrected chi connectivity index (χ3v) is 4.28. The van der Waals surface area contributed by atoms with E-state index in [0.717, 1.165) is 18.8 Å². The lowest BCUT2D eigenvalue weighted by atomic mass is 9.64. The number of nitrogens with one attached hydrogen (secondary N) is 1. The fraction of sp³-hybridized carbons (Fsp3) is 0.750. The van der Waals surface area contributed by atoms with E-state index in [1.807, 2.05) is 19.1 Å². The molecule has 0 radical (unpaired) electrons. The van der Waals surface area contributed by atoms with Gasteiger partial charge in [0.15, 0.2) is 0 Å². The molecule has 0 saturated heterocycles.